The highest BCUT2D eigenvalue weighted by molar-refractivity contribution is 8.00. The molecule has 4 N–H and O–H groups in total. The third kappa shape index (κ3) is 4.29. The van der Waals surface area contributed by atoms with Gasteiger partial charge in [0.1, 0.15) is 16.1 Å². The summed E-state index contributed by atoms with van der Waals surface area (Å²) in [6, 6.07) is 1.37. The number of carbonyl (C=O) groups is 2. The van der Waals surface area contributed by atoms with Crippen molar-refractivity contribution < 1.29 is 23.8 Å². The first-order valence-corrected chi connectivity index (χ1v) is 9.06. The lowest BCUT2D eigenvalue weighted by molar-refractivity contribution is -0.113. The number of H-pyrrole nitrogens is 1. The van der Waals surface area contributed by atoms with Crippen molar-refractivity contribution in [2.75, 3.05) is 38.1 Å². The van der Waals surface area contributed by atoms with Gasteiger partial charge in [-0.25, -0.2) is 14.8 Å². The second-order valence-corrected chi connectivity index (χ2v) is 6.38. The number of hydrogen-bond donors (Lipinski definition) is 3. The average Bonchev–Trinajstić information content (AvgIpc) is 3.19. The van der Waals surface area contributed by atoms with Crippen LogP contribution in [0.4, 0.5) is 11.8 Å². The van der Waals surface area contributed by atoms with E-state index in [1.54, 1.807) is 0 Å². The number of nitrogens with zero attached hydrogens (tertiary/aromatic N) is 4. The predicted octanol–water partition coefficient (Wildman–Crippen LogP) is 0.865. The van der Waals surface area contributed by atoms with Gasteiger partial charge in [0.15, 0.2) is 17.2 Å². The van der Waals surface area contributed by atoms with Gasteiger partial charge in [-0.1, -0.05) is 11.8 Å². The van der Waals surface area contributed by atoms with Gasteiger partial charge in [0.05, 0.1) is 33.4 Å². The molecule has 3 aromatic rings. The number of ether oxygens (including phenoxy) is 3. The first-order chi connectivity index (χ1) is 14.0. The highest BCUT2D eigenvalue weighted by Gasteiger charge is 2.21. The number of hydrogen-bond acceptors (Lipinski definition) is 11. The predicted molar refractivity (Wildman–Crippen MR) is 104 cm³/mol. The van der Waals surface area contributed by atoms with Gasteiger partial charge < -0.3 is 30.2 Å². The van der Waals surface area contributed by atoms with Gasteiger partial charge in [-0.05, 0) is 0 Å². The summed E-state index contributed by atoms with van der Waals surface area (Å²) < 4.78 is 15.0. The van der Waals surface area contributed by atoms with Crippen molar-refractivity contribution in [1.29, 1.82) is 0 Å². The van der Waals surface area contributed by atoms with E-state index in [-0.39, 0.29) is 34.7 Å². The van der Waals surface area contributed by atoms with Crippen LogP contribution >= 0.6 is 11.8 Å². The molecule has 3 rings (SSSR count). The quantitative estimate of drug-likeness (QED) is 0.282. The van der Waals surface area contributed by atoms with Gasteiger partial charge in [0.2, 0.25) is 11.9 Å². The third-order valence-electron chi connectivity index (χ3n) is 3.64. The second kappa shape index (κ2) is 8.60. The van der Waals surface area contributed by atoms with E-state index in [1.165, 1.54) is 33.7 Å². The van der Waals surface area contributed by atoms with E-state index in [0.29, 0.717) is 16.2 Å². The molecule has 0 bridgehead atoms. The molecular formula is C16H17N7O5S. The number of aromatic nitrogens is 5. The van der Waals surface area contributed by atoms with Crippen LogP contribution in [0.5, 0.6) is 11.6 Å². The lowest BCUT2D eigenvalue weighted by atomic mass is 10.2. The largest absolute Gasteiger partial charge is 0.491 e. The minimum atomic E-state index is -0.691. The zero-order valence-electron chi connectivity index (χ0n) is 15.7. The molecule has 0 radical (unpaired) electrons. The first-order valence-electron chi connectivity index (χ1n) is 8.07. The average molecular weight is 419 g/mol. The van der Waals surface area contributed by atoms with Crippen molar-refractivity contribution in [2.45, 2.75) is 5.03 Å². The van der Waals surface area contributed by atoms with Crippen molar-refractivity contribution in [3.05, 3.63) is 18.0 Å². The Labute approximate surface area is 168 Å². The van der Waals surface area contributed by atoms with Gasteiger partial charge in [0, 0.05) is 6.07 Å². The zero-order valence-corrected chi connectivity index (χ0v) is 16.5. The summed E-state index contributed by atoms with van der Waals surface area (Å²) in [4.78, 5) is 43.7. The molecule has 0 aromatic carbocycles. The minimum Gasteiger partial charge on any atom is -0.491 e. The molecule has 29 heavy (non-hydrogen) atoms. The van der Waals surface area contributed by atoms with Crippen LogP contribution in [0.1, 0.15) is 10.4 Å². The molecule has 0 aliphatic heterocycles. The number of rotatable bonds is 7. The topological polar surface area (TPSA) is 167 Å². The summed E-state index contributed by atoms with van der Waals surface area (Å²) in [5.74, 6) is -0.824. The highest BCUT2D eigenvalue weighted by Crippen LogP contribution is 2.30. The summed E-state index contributed by atoms with van der Waals surface area (Å²) in [7, 11) is 4.01. The van der Waals surface area contributed by atoms with E-state index < -0.39 is 11.9 Å². The molecular weight excluding hydrogens is 402 g/mol. The van der Waals surface area contributed by atoms with Crippen LogP contribution in [-0.4, -0.2) is 63.9 Å². The molecule has 3 heterocycles. The van der Waals surface area contributed by atoms with Crippen LogP contribution in [0.25, 0.3) is 11.2 Å². The summed E-state index contributed by atoms with van der Waals surface area (Å²) in [6.07, 6.45) is 1.46. The molecule has 152 valence electrons. The molecule has 0 aliphatic carbocycles. The summed E-state index contributed by atoms with van der Waals surface area (Å²) in [5.41, 5.74) is 6.65. The molecule has 0 atom stereocenters. The highest BCUT2D eigenvalue weighted by atomic mass is 32.2. The molecule has 0 saturated carbocycles. The van der Waals surface area contributed by atoms with E-state index in [2.05, 4.69) is 30.2 Å². The maximum Gasteiger partial charge on any atom is 0.341 e. The number of imidazole rings is 1. The number of fused-ring (bicyclic) bond motifs is 1. The molecule has 0 saturated heterocycles. The Bertz CT molecular complexity index is 1070. The summed E-state index contributed by atoms with van der Waals surface area (Å²) >= 11 is 1.12. The number of thioether (sulfide) groups is 1. The van der Waals surface area contributed by atoms with Crippen molar-refractivity contribution in [1.82, 2.24) is 24.9 Å². The number of carbonyl (C=O) groups excluding carboxylic acids is 2. The molecule has 13 heteroatoms. The Morgan fingerprint density at radius 3 is 2.69 bits per heavy atom. The third-order valence-corrected chi connectivity index (χ3v) is 4.62. The first kappa shape index (κ1) is 20.1. The number of nitrogens with two attached hydrogens (primary N) is 1. The van der Waals surface area contributed by atoms with Crippen molar-refractivity contribution in [3.63, 3.8) is 0 Å². The van der Waals surface area contributed by atoms with Crippen LogP contribution in [0, 0.1) is 0 Å². The van der Waals surface area contributed by atoms with Gasteiger partial charge in [-0.2, -0.15) is 9.97 Å². The summed E-state index contributed by atoms with van der Waals surface area (Å²) in [6.45, 7) is 0. The Morgan fingerprint density at radius 1 is 1.21 bits per heavy atom. The number of pyridine rings is 1. The standard InChI is InChI=1S/C16H17N7O5S/c1-26-8-4-7(15(25)28-3)11(21-13(8)27-2)20-9(24)5-29-14-10-12(19-6-18-10)22-16(17)23-14/h4,6H,5H2,1-3H3,(H,20,21,24)(H3,17,18,19,22,23). The number of methoxy groups -OCH3 is 3. The number of aromatic amines is 1. The number of esters is 1. The van der Waals surface area contributed by atoms with Crippen LogP contribution in [0.3, 0.4) is 0 Å². The molecule has 0 unspecified atom stereocenters. The minimum absolute atomic E-state index is 0.0192. The van der Waals surface area contributed by atoms with Crippen LogP contribution in [-0.2, 0) is 9.53 Å². The van der Waals surface area contributed by atoms with E-state index >= 15 is 0 Å². The fraction of sp³-hybridized carbons (Fsp3) is 0.250. The van der Waals surface area contributed by atoms with Crippen LogP contribution in [0.2, 0.25) is 0 Å². The van der Waals surface area contributed by atoms with E-state index in [4.69, 9.17) is 19.9 Å². The van der Waals surface area contributed by atoms with Gasteiger partial charge in [-0.3, -0.25) is 4.79 Å². The van der Waals surface area contributed by atoms with E-state index in [9.17, 15) is 9.59 Å². The fourth-order valence-electron chi connectivity index (χ4n) is 2.36. The molecule has 12 nitrogen and oxygen atoms in total. The van der Waals surface area contributed by atoms with Gasteiger partial charge in [0.25, 0.3) is 5.88 Å². The molecule has 3 aromatic heterocycles. The Hall–Kier alpha value is -3.61. The van der Waals surface area contributed by atoms with Gasteiger partial charge >= 0.3 is 5.97 Å². The molecule has 0 aliphatic rings. The lowest BCUT2D eigenvalue weighted by Gasteiger charge is -2.13. The Balaban J connectivity index is 1.80. The molecule has 1 amide bonds. The Kier molecular flexibility index (Phi) is 5.97. The van der Waals surface area contributed by atoms with Crippen LogP contribution in [0.15, 0.2) is 17.4 Å². The summed E-state index contributed by atoms with van der Waals surface area (Å²) in [5, 5.41) is 3.04. The Morgan fingerprint density at radius 2 is 2.00 bits per heavy atom. The number of nitrogen functional groups attached to an aromatic ring is 1. The van der Waals surface area contributed by atoms with Crippen LogP contribution < -0.4 is 20.5 Å². The maximum absolute atomic E-state index is 12.5. The van der Waals surface area contributed by atoms with Crippen molar-refractivity contribution >= 4 is 46.6 Å². The lowest BCUT2D eigenvalue weighted by Crippen LogP contribution is -2.19. The van der Waals surface area contributed by atoms with Gasteiger partial charge in [-0.15, -0.1) is 0 Å². The number of nitrogens with one attached hydrogen (secondary N) is 2. The normalized spacial score (nSPS) is 10.6. The monoisotopic (exact) mass is 419 g/mol. The van der Waals surface area contributed by atoms with Crippen molar-refractivity contribution in [3.8, 4) is 11.6 Å². The zero-order chi connectivity index (χ0) is 21.0. The number of amides is 1. The van der Waals surface area contributed by atoms with E-state index in [0.717, 1.165) is 11.8 Å². The molecule has 0 spiro atoms. The number of anilines is 2. The SMILES string of the molecule is COC(=O)c1cc(OC)c(OC)nc1NC(=O)CSc1nc(N)nc2nc[nH]c12. The smallest absolute Gasteiger partial charge is 0.341 e. The second-order valence-electron chi connectivity index (χ2n) is 5.41. The maximum atomic E-state index is 12.5. The molecule has 0 fully saturated rings. The fourth-order valence-corrected chi connectivity index (χ4v) is 3.15. The van der Waals surface area contributed by atoms with Crippen molar-refractivity contribution in [2.24, 2.45) is 0 Å². The van der Waals surface area contributed by atoms with E-state index in [1.807, 2.05) is 0 Å².